The van der Waals surface area contributed by atoms with Crippen molar-refractivity contribution in [1.29, 1.82) is 0 Å². The summed E-state index contributed by atoms with van der Waals surface area (Å²) in [6.07, 6.45) is 2.76. The first-order valence-corrected chi connectivity index (χ1v) is 10.1. The maximum Gasteiger partial charge on any atom is 0.349 e. The number of ether oxygens (including phenoxy) is 2. The molecule has 30 heavy (non-hydrogen) atoms. The van der Waals surface area contributed by atoms with Crippen molar-refractivity contribution in [3.05, 3.63) is 57.7 Å². The highest BCUT2D eigenvalue weighted by Gasteiger charge is 2.29. The van der Waals surface area contributed by atoms with Gasteiger partial charge in [-0.15, -0.1) is 11.3 Å². The lowest BCUT2D eigenvalue weighted by Crippen LogP contribution is -2.23. The molecule has 0 fully saturated rings. The van der Waals surface area contributed by atoms with E-state index in [1.165, 1.54) is 36.4 Å². The normalized spacial score (nSPS) is 11.4. The molecule has 2 aromatic rings. The Morgan fingerprint density at radius 1 is 1.13 bits per heavy atom. The van der Waals surface area contributed by atoms with Crippen molar-refractivity contribution in [2.75, 3.05) is 11.9 Å². The van der Waals surface area contributed by atoms with Gasteiger partial charge in [-0.2, -0.15) is 0 Å². The summed E-state index contributed by atoms with van der Waals surface area (Å²) in [7, 11) is 0. The molecule has 0 radical (unpaired) electrons. The Kier molecular flexibility index (Phi) is 7.50. The van der Waals surface area contributed by atoms with Crippen LogP contribution in [0, 0.1) is 12.7 Å². The Morgan fingerprint density at radius 2 is 1.77 bits per heavy atom. The lowest BCUT2D eigenvalue weighted by Gasteiger charge is -2.19. The smallest absolute Gasteiger partial charge is 0.349 e. The Hall–Kier alpha value is -3.00. The molecule has 6 nitrogen and oxygen atoms in total. The van der Waals surface area contributed by atoms with Crippen LogP contribution in [0.2, 0.25) is 0 Å². The third-order valence-corrected chi connectivity index (χ3v) is 4.93. The SMILES string of the molecule is CCOC(=O)c1c(NC(=O)/C=C/c2ccc(F)cc2)sc(C(=O)OC(C)(C)C)c1C. The van der Waals surface area contributed by atoms with Gasteiger partial charge in [-0.3, -0.25) is 4.79 Å². The maximum atomic E-state index is 13.0. The van der Waals surface area contributed by atoms with E-state index in [0.717, 1.165) is 11.3 Å². The first-order chi connectivity index (χ1) is 14.0. The average Bonchev–Trinajstić information content (AvgIpc) is 2.96. The van der Waals surface area contributed by atoms with Crippen molar-refractivity contribution in [1.82, 2.24) is 0 Å². The van der Waals surface area contributed by atoms with Gasteiger partial charge in [0.1, 0.15) is 21.3 Å². The van der Waals surface area contributed by atoms with E-state index in [4.69, 9.17) is 9.47 Å². The largest absolute Gasteiger partial charge is 0.462 e. The number of rotatable bonds is 6. The van der Waals surface area contributed by atoms with Gasteiger partial charge >= 0.3 is 11.9 Å². The van der Waals surface area contributed by atoms with Crippen LogP contribution >= 0.6 is 11.3 Å². The Balaban J connectivity index is 2.31. The number of anilines is 1. The van der Waals surface area contributed by atoms with Crippen LogP contribution in [0.4, 0.5) is 9.39 Å². The number of benzene rings is 1. The lowest BCUT2D eigenvalue weighted by atomic mass is 10.1. The fraction of sp³-hybridized carbons (Fsp3) is 0.318. The second-order valence-corrected chi connectivity index (χ2v) is 8.38. The van der Waals surface area contributed by atoms with E-state index < -0.39 is 23.4 Å². The van der Waals surface area contributed by atoms with Crippen molar-refractivity contribution < 1.29 is 28.2 Å². The second-order valence-electron chi connectivity index (χ2n) is 7.36. The van der Waals surface area contributed by atoms with Crippen LogP contribution in [0.3, 0.4) is 0 Å². The molecule has 1 aromatic heterocycles. The highest BCUT2D eigenvalue weighted by molar-refractivity contribution is 7.18. The van der Waals surface area contributed by atoms with Gasteiger partial charge in [-0.25, -0.2) is 14.0 Å². The zero-order valence-electron chi connectivity index (χ0n) is 17.5. The maximum absolute atomic E-state index is 13.0. The number of esters is 2. The predicted molar refractivity (Wildman–Crippen MR) is 114 cm³/mol. The minimum Gasteiger partial charge on any atom is -0.462 e. The Morgan fingerprint density at radius 3 is 2.33 bits per heavy atom. The van der Waals surface area contributed by atoms with Crippen LogP contribution in [-0.2, 0) is 14.3 Å². The molecule has 1 aromatic carbocycles. The number of hydrogen-bond donors (Lipinski definition) is 1. The van der Waals surface area contributed by atoms with Crippen molar-refractivity contribution in [3.8, 4) is 0 Å². The molecule has 0 atom stereocenters. The van der Waals surface area contributed by atoms with Gasteiger partial charge in [-0.1, -0.05) is 12.1 Å². The van der Waals surface area contributed by atoms with Gasteiger partial charge in [0, 0.05) is 6.08 Å². The molecule has 0 saturated heterocycles. The zero-order valence-corrected chi connectivity index (χ0v) is 18.3. The molecule has 0 spiro atoms. The predicted octanol–water partition coefficient (Wildman–Crippen LogP) is 4.98. The minimum atomic E-state index is -0.709. The average molecular weight is 434 g/mol. The van der Waals surface area contributed by atoms with Gasteiger partial charge in [0.25, 0.3) is 0 Å². The molecule has 0 aliphatic rings. The Bertz CT molecular complexity index is 971. The number of nitrogens with one attached hydrogen (secondary N) is 1. The standard InChI is InChI=1S/C22H24FNO5S/c1-6-28-20(26)17-13(2)18(21(27)29-22(3,4)5)30-19(17)24-16(25)12-9-14-7-10-15(23)11-8-14/h7-12H,6H2,1-5H3,(H,24,25)/b12-9+. The molecule has 0 aliphatic heterocycles. The van der Waals surface area contributed by atoms with Gasteiger partial charge in [0.05, 0.1) is 12.2 Å². The highest BCUT2D eigenvalue weighted by atomic mass is 32.1. The molecule has 160 valence electrons. The molecule has 0 unspecified atom stereocenters. The van der Waals surface area contributed by atoms with Gasteiger partial charge in [0.2, 0.25) is 5.91 Å². The fourth-order valence-corrected chi connectivity index (χ4v) is 3.54. The first-order valence-electron chi connectivity index (χ1n) is 9.30. The molecule has 0 aliphatic carbocycles. The monoisotopic (exact) mass is 433 g/mol. The van der Waals surface area contributed by atoms with E-state index >= 15 is 0 Å². The first kappa shape index (κ1) is 23.3. The number of amides is 1. The van der Waals surface area contributed by atoms with Crippen LogP contribution in [-0.4, -0.2) is 30.1 Å². The molecule has 1 amide bonds. The molecule has 0 saturated carbocycles. The summed E-state index contributed by atoms with van der Waals surface area (Å²) in [6.45, 7) is 8.63. The number of carbonyl (C=O) groups is 3. The summed E-state index contributed by atoms with van der Waals surface area (Å²) >= 11 is 0.950. The molecular formula is C22H24FNO5S. The van der Waals surface area contributed by atoms with Crippen LogP contribution in [0.15, 0.2) is 30.3 Å². The van der Waals surface area contributed by atoms with Crippen LogP contribution in [0.25, 0.3) is 6.08 Å². The van der Waals surface area contributed by atoms with E-state index in [2.05, 4.69) is 5.32 Å². The minimum absolute atomic E-state index is 0.117. The van der Waals surface area contributed by atoms with Gasteiger partial charge in [-0.05, 0) is 64.0 Å². The van der Waals surface area contributed by atoms with Crippen LogP contribution in [0.5, 0.6) is 0 Å². The highest BCUT2D eigenvalue weighted by Crippen LogP contribution is 2.35. The van der Waals surface area contributed by atoms with Gasteiger partial charge in [0.15, 0.2) is 0 Å². The molecular weight excluding hydrogens is 409 g/mol. The van der Waals surface area contributed by atoms with E-state index in [1.807, 2.05) is 0 Å². The summed E-state index contributed by atoms with van der Waals surface area (Å²) in [4.78, 5) is 37.5. The van der Waals surface area contributed by atoms with E-state index in [0.29, 0.717) is 11.1 Å². The zero-order chi connectivity index (χ0) is 22.5. The topological polar surface area (TPSA) is 81.7 Å². The van der Waals surface area contributed by atoms with E-state index in [-0.39, 0.29) is 27.9 Å². The summed E-state index contributed by atoms with van der Waals surface area (Å²) < 4.78 is 23.5. The lowest BCUT2D eigenvalue weighted by molar-refractivity contribution is -0.111. The summed E-state index contributed by atoms with van der Waals surface area (Å²) in [5.41, 5.74) is 0.421. The Labute approximate surface area is 178 Å². The number of hydrogen-bond acceptors (Lipinski definition) is 6. The quantitative estimate of drug-likeness (QED) is 0.513. The summed E-state index contributed by atoms with van der Waals surface area (Å²) in [5.74, 6) is -2.11. The van der Waals surface area contributed by atoms with Crippen molar-refractivity contribution in [3.63, 3.8) is 0 Å². The molecule has 1 N–H and O–H groups in total. The molecule has 8 heteroatoms. The van der Waals surface area contributed by atoms with Crippen LogP contribution < -0.4 is 5.32 Å². The number of thiophene rings is 1. The van der Waals surface area contributed by atoms with Crippen LogP contribution in [0.1, 0.15) is 58.9 Å². The third kappa shape index (κ3) is 6.25. The fourth-order valence-electron chi connectivity index (χ4n) is 2.47. The summed E-state index contributed by atoms with van der Waals surface area (Å²) in [6, 6.07) is 5.62. The van der Waals surface area contributed by atoms with Crippen molar-refractivity contribution in [2.45, 2.75) is 40.2 Å². The number of halogens is 1. The second kappa shape index (κ2) is 9.67. The summed E-state index contributed by atoms with van der Waals surface area (Å²) in [5, 5.41) is 2.82. The third-order valence-electron chi connectivity index (χ3n) is 3.74. The molecule has 1 heterocycles. The molecule has 2 rings (SSSR count). The van der Waals surface area contributed by atoms with E-state index in [1.54, 1.807) is 34.6 Å². The van der Waals surface area contributed by atoms with Crippen molar-refractivity contribution >= 4 is 40.3 Å². The molecule has 0 bridgehead atoms. The number of carbonyl (C=O) groups excluding carboxylic acids is 3. The van der Waals surface area contributed by atoms with Crippen molar-refractivity contribution in [2.24, 2.45) is 0 Å². The van der Waals surface area contributed by atoms with Gasteiger partial charge < -0.3 is 14.8 Å². The van der Waals surface area contributed by atoms with E-state index in [9.17, 15) is 18.8 Å².